The highest BCUT2D eigenvalue weighted by molar-refractivity contribution is 5.66. The van der Waals surface area contributed by atoms with E-state index in [4.69, 9.17) is 9.47 Å². The van der Waals surface area contributed by atoms with Crippen LogP contribution < -0.4 is 5.53 Å². The van der Waals surface area contributed by atoms with Crippen molar-refractivity contribution in [2.24, 2.45) is 10.4 Å². The lowest BCUT2D eigenvalue weighted by atomic mass is 10.0. The molecule has 2 rings (SSSR count). The summed E-state index contributed by atoms with van der Waals surface area (Å²) in [7, 11) is 0. The van der Waals surface area contributed by atoms with Crippen molar-refractivity contribution >= 4 is 11.9 Å². The van der Waals surface area contributed by atoms with E-state index in [0.717, 1.165) is 11.1 Å². The number of hydrogen-bond donors (Lipinski definition) is 1. The van der Waals surface area contributed by atoms with Gasteiger partial charge < -0.3 is 9.47 Å². The van der Waals surface area contributed by atoms with Crippen LogP contribution in [0.5, 0.6) is 0 Å². The number of nitrogens with zero attached hydrogens (tertiary/aromatic N) is 2. The highest BCUT2D eigenvalue weighted by atomic mass is 16.5. The van der Waals surface area contributed by atoms with Crippen LogP contribution in [0.1, 0.15) is 25.0 Å². The van der Waals surface area contributed by atoms with Crippen LogP contribution in [0, 0.1) is 0 Å². The second-order valence-corrected chi connectivity index (χ2v) is 4.25. The Hall–Kier alpha value is -2.44. The molecule has 114 valence electrons. The van der Waals surface area contributed by atoms with Crippen LogP contribution >= 0.6 is 0 Å². The normalized spacial score (nSPS) is 10.8. The van der Waals surface area contributed by atoms with Gasteiger partial charge in [-0.05, 0) is 21.6 Å². The number of nitrogens with one attached hydrogen (secondary N) is 1. The van der Waals surface area contributed by atoms with Crippen molar-refractivity contribution < 1.29 is 19.1 Å². The quantitative estimate of drug-likeness (QED) is 0.806. The standard InChI is InChI=1S/C14H18O4.HN3/c1-11(15)17-9-7-13-5-3-4-6-14(13)8-10-18-12(2)16;1-2-3-1/h3-6H,7-10H2,1-2H3;(H,1,2,3). The topological polar surface area (TPSA) is 99.3 Å². The molecule has 0 aromatic heterocycles. The lowest BCUT2D eigenvalue weighted by Crippen LogP contribution is -2.08. The average Bonchev–Trinajstić information content (AvgIpc) is 3.28. The van der Waals surface area contributed by atoms with Crippen molar-refractivity contribution in [1.82, 2.24) is 5.53 Å². The van der Waals surface area contributed by atoms with Crippen molar-refractivity contribution in [2.75, 3.05) is 13.2 Å². The number of ether oxygens (including phenoxy) is 2. The Balaban J connectivity index is 0.000000647. The van der Waals surface area contributed by atoms with E-state index >= 15 is 0 Å². The SMILES string of the molecule is CC(=O)OCCc1ccccc1CCOC(C)=O.N1=NN1. The van der Waals surface area contributed by atoms with Crippen LogP contribution in [0.3, 0.4) is 0 Å². The molecule has 0 saturated carbocycles. The maximum Gasteiger partial charge on any atom is 0.302 e. The number of hydrogen-bond acceptors (Lipinski definition) is 7. The predicted molar refractivity (Wildman–Crippen MR) is 75.1 cm³/mol. The minimum Gasteiger partial charge on any atom is -0.466 e. The second-order valence-electron chi connectivity index (χ2n) is 4.25. The number of carbonyl (C=O) groups excluding carboxylic acids is 2. The summed E-state index contributed by atoms with van der Waals surface area (Å²) in [6.07, 6.45) is 1.35. The van der Waals surface area contributed by atoms with Gasteiger partial charge >= 0.3 is 11.9 Å². The van der Waals surface area contributed by atoms with Gasteiger partial charge in [-0.2, -0.15) is 5.53 Å². The van der Waals surface area contributed by atoms with Crippen molar-refractivity contribution in [1.29, 1.82) is 0 Å². The van der Waals surface area contributed by atoms with Crippen LogP contribution in [0.25, 0.3) is 0 Å². The van der Waals surface area contributed by atoms with Crippen LogP contribution in [-0.4, -0.2) is 25.2 Å². The fraction of sp³-hybridized carbons (Fsp3) is 0.429. The molecule has 0 radical (unpaired) electrons. The summed E-state index contributed by atoms with van der Waals surface area (Å²) in [6.45, 7) is 3.54. The Morgan fingerprint density at radius 1 is 0.952 bits per heavy atom. The number of carbonyl (C=O) groups is 2. The van der Waals surface area contributed by atoms with Gasteiger partial charge in [0.25, 0.3) is 0 Å². The summed E-state index contributed by atoms with van der Waals surface area (Å²) >= 11 is 0. The summed E-state index contributed by atoms with van der Waals surface area (Å²) in [6, 6.07) is 7.87. The number of benzene rings is 1. The molecule has 0 bridgehead atoms. The molecule has 21 heavy (non-hydrogen) atoms. The van der Waals surface area contributed by atoms with Gasteiger partial charge in [0.2, 0.25) is 0 Å². The first-order valence-electron chi connectivity index (χ1n) is 6.58. The van der Waals surface area contributed by atoms with Gasteiger partial charge in [0.15, 0.2) is 0 Å². The van der Waals surface area contributed by atoms with E-state index in [0.29, 0.717) is 26.1 Å². The first-order valence-corrected chi connectivity index (χ1v) is 6.58. The van der Waals surface area contributed by atoms with E-state index in [1.165, 1.54) is 13.8 Å². The molecule has 0 fully saturated rings. The minimum atomic E-state index is -0.271. The zero-order valence-electron chi connectivity index (χ0n) is 12.2. The molecule has 0 unspecified atom stereocenters. The Morgan fingerprint density at radius 3 is 1.62 bits per heavy atom. The first kappa shape index (κ1) is 16.6. The molecule has 1 heterocycles. The predicted octanol–water partition coefficient (Wildman–Crippen LogP) is 1.77. The third-order valence-electron chi connectivity index (χ3n) is 2.57. The smallest absolute Gasteiger partial charge is 0.302 e. The molecule has 1 N–H and O–H groups in total. The fourth-order valence-electron chi connectivity index (χ4n) is 1.65. The van der Waals surface area contributed by atoms with Crippen LogP contribution in [-0.2, 0) is 31.9 Å². The van der Waals surface area contributed by atoms with Gasteiger partial charge in [0.05, 0.1) is 13.2 Å². The third-order valence-corrected chi connectivity index (χ3v) is 2.57. The van der Waals surface area contributed by atoms with Gasteiger partial charge in [-0.3, -0.25) is 9.59 Å². The minimum absolute atomic E-state index is 0.271. The molecule has 1 aromatic carbocycles. The van der Waals surface area contributed by atoms with Gasteiger partial charge in [0.1, 0.15) is 0 Å². The van der Waals surface area contributed by atoms with Crippen molar-refractivity contribution in [3.63, 3.8) is 0 Å². The Kier molecular flexibility index (Phi) is 7.49. The molecule has 7 heteroatoms. The summed E-state index contributed by atoms with van der Waals surface area (Å²) in [4.78, 5) is 21.4. The molecular formula is C14H19N3O4. The highest BCUT2D eigenvalue weighted by Gasteiger charge is 2.03. The van der Waals surface area contributed by atoms with E-state index in [2.05, 4.69) is 16.0 Å². The van der Waals surface area contributed by atoms with Gasteiger partial charge in [0, 0.05) is 26.7 Å². The molecule has 0 amide bonds. The summed E-state index contributed by atoms with van der Waals surface area (Å²) in [5, 5.41) is 6.25. The van der Waals surface area contributed by atoms with Crippen LogP contribution in [0.2, 0.25) is 0 Å². The molecule has 0 atom stereocenters. The maximum absolute atomic E-state index is 10.7. The zero-order chi connectivity index (χ0) is 15.5. The Morgan fingerprint density at radius 2 is 1.33 bits per heavy atom. The fourth-order valence-corrected chi connectivity index (χ4v) is 1.65. The van der Waals surface area contributed by atoms with E-state index < -0.39 is 0 Å². The lowest BCUT2D eigenvalue weighted by Gasteiger charge is -2.09. The van der Waals surface area contributed by atoms with Crippen molar-refractivity contribution in [3.8, 4) is 0 Å². The number of esters is 2. The second kappa shape index (κ2) is 9.46. The summed E-state index contributed by atoms with van der Waals surface area (Å²) in [5.74, 6) is -0.542. The van der Waals surface area contributed by atoms with E-state index in [-0.39, 0.29) is 11.9 Å². The molecule has 7 nitrogen and oxygen atoms in total. The first-order chi connectivity index (χ1) is 10.1. The third kappa shape index (κ3) is 9.15. The maximum atomic E-state index is 10.7. The largest absolute Gasteiger partial charge is 0.466 e. The lowest BCUT2D eigenvalue weighted by molar-refractivity contribution is -0.141. The monoisotopic (exact) mass is 293 g/mol. The average molecular weight is 293 g/mol. The van der Waals surface area contributed by atoms with Gasteiger partial charge in [-0.25, -0.2) is 0 Å². The van der Waals surface area contributed by atoms with E-state index in [1.54, 1.807) is 0 Å². The molecule has 0 saturated heterocycles. The highest BCUT2D eigenvalue weighted by Crippen LogP contribution is 2.10. The van der Waals surface area contributed by atoms with Crippen molar-refractivity contribution in [3.05, 3.63) is 35.4 Å². The summed E-state index contributed by atoms with van der Waals surface area (Å²) < 4.78 is 9.84. The zero-order valence-corrected chi connectivity index (χ0v) is 12.2. The molecule has 1 aliphatic heterocycles. The Bertz CT molecular complexity index is 460. The number of rotatable bonds is 6. The summed E-state index contributed by atoms with van der Waals surface area (Å²) in [5.41, 5.74) is 4.48. The molecule has 0 aliphatic carbocycles. The van der Waals surface area contributed by atoms with Crippen molar-refractivity contribution in [2.45, 2.75) is 26.7 Å². The van der Waals surface area contributed by atoms with Gasteiger partial charge in [-0.1, -0.05) is 24.3 Å². The molecular weight excluding hydrogens is 274 g/mol. The molecule has 1 aliphatic rings. The Labute approximate surface area is 123 Å². The van der Waals surface area contributed by atoms with Gasteiger partial charge in [-0.15, -0.1) is 0 Å². The van der Waals surface area contributed by atoms with Crippen LogP contribution in [0.4, 0.5) is 0 Å². The van der Waals surface area contributed by atoms with Crippen LogP contribution in [0.15, 0.2) is 34.7 Å². The van der Waals surface area contributed by atoms with E-state index in [1.807, 2.05) is 24.3 Å². The van der Waals surface area contributed by atoms with E-state index in [9.17, 15) is 9.59 Å². The molecule has 1 aromatic rings. The molecule has 0 spiro atoms.